The second-order valence-corrected chi connectivity index (χ2v) is 7.59. The molecule has 0 spiro atoms. The van der Waals surface area contributed by atoms with Gasteiger partial charge in [-0.3, -0.25) is 9.59 Å². The first-order chi connectivity index (χ1) is 13.6. The summed E-state index contributed by atoms with van der Waals surface area (Å²) in [6.45, 7) is 0.511. The topological polar surface area (TPSA) is 65.1 Å². The maximum Gasteiger partial charge on any atom is 0.306 e. The summed E-state index contributed by atoms with van der Waals surface area (Å²) in [5.41, 5.74) is 0.943. The molecule has 1 aromatic heterocycles. The Kier molecular flexibility index (Phi) is 6.92. The molecule has 28 heavy (non-hydrogen) atoms. The fourth-order valence-electron chi connectivity index (χ4n) is 3.42. The molecule has 0 bridgehead atoms. The number of aryl methyl sites for hydroxylation is 1. The fraction of sp³-hybridized carbons (Fsp3) is 0.429. The SMILES string of the molecule is COc1ccc(CCC(=O)OCC(=O)N2CCCC2c2cccs2)cc1OC. The summed E-state index contributed by atoms with van der Waals surface area (Å²) in [7, 11) is 3.15. The maximum atomic E-state index is 12.5. The first kappa shape index (κ1) is 20.2. The lowest BCUT2D eigenvalue weighted by molar-refractivity contribution is -0.152. The van der Waals surface area contributed by atoms with Crippen LogP contribution < -0.4 is 9.47 Å². The van der Waals surface area contributed by atoms with E-state index in [2.05, 4.69) is 6.07 Å². The van der Waals surface area contributed by atoms with Crippen LogP contribution in [0.15, 0.2) is 35.7 Å². The zero-order valence-electron chi connectivity index (χ0n) is 16.2. The highest BCUT2D eigenvalue weighted by Crippen LogP contribution is 2.34. The Balaban J connectivity index is 1.47. The van der Waals surface area contributed by atoms with Gasteiger partial charge in [0.15, 0.2) is 18.1 Å². The van der Waals surface area contributed by atoms with E-state index in [0.717, 1.165) is 18.4 Å². The van der Waals surface area contributed by atoms with E-state index in [0.29, 0.717) is 24.5 Å². The van der Waals surface area contributed by atoms with Gasteiger partial charge in [0.2, 0.25) is 0 Å². The number of likely N-dealkylation sites (tertiary alicyclic amines) is 1. The van der Waals surface area contributed by atoms with Crippen molar-refractivity contribution in [2.24, 2.45) is 0 Å². The average Bonchev–Trinajstić information content (AvgIpc) is 3.41. The molecule has 0 saturated carbocycles. The number of methoxy groups -OCH3 is 2. The van der Waals surface area contributed by atoms with E-state index in [4.69, 9.17) is 14.2 Å². The largest absolute Gasteiger partial charge is 0.493 e. The molecule has 2 aromatic rings. The van der Waals surface area contributed by atoms with Crippen LogP contribution in [-0.4, -0.2) is 44.1 Å². The van der Waals surface area contributed by atoms with Gasteiger partial charge in [0.05, 0.1) is 20.3 Å². The van der Waals surface area contributed by atoms with Crippen molar-refractivity contribution in [1.82, 2.24) is 4.90 Å². The maximum absolute atomic E-state index is 12.5. The molecule has 1 fully saturated rings. The number of hydrogen-bond acceptors (Lipinski definition) is 6. The van der Waals surface area contributed by atoms with Crippen molar-refractivity contribution in [1.29, 1.82) is 0 Å². The van der Waals surface area contributed by atoms with Crippen molar-refractivity contribution in [3.8, 4) is 11.5 Å². The average molecular weight is 404 g/mol. The number of esters is 1. The predicted octanol–water partition coefficient (Wildman–Crippen LogP) is 3.60. The molecular formula is C21H25NO5S. The Morgan fingerprint density at radius 2 is 2.00 bits per heavy atom. The van der Waals surface area contributed by atoms with Crippen molar-refractivity contribution in [3.63, 3.8) is 0 Å². The van der Waals surface area contributed by atoms with E-state index in [1.54, 1.807) is 31.6 Å². The molecular weight excluding hydrogens is 378 g/mol. The quantitative estimate of drug-likeness (QED) is 0.630. The summed E-state index contributed by atoms with van der Waals surface area (Å²) in [5, 5.41) is 2.02. The molecule has 7 heteroatoms. The van der Waals surface area contributed by atoms with Crippen LogP contribution in [0, 0.1) is 0 Å². The molecule has 0 radical (unpaired) electrons. The smallest absolute Gasteiger partial charge is 0.306 e. The van der Waals surface area contributed by atoms with Gasteiger partial charge in [-0.15, -0.1) is 11.3 Å². The van der Waals surface area contributed by atoms with Gasteiger partial charge in [-0.05, 0) is 48.4 Å². The number of hydrogen-bond donors (Lipinski definition) is 0. The van der Waals surface area contributed by atoms with Crippen molar-refractivity contribution in [3.05, 3.63) is 46.2 Å². The highest BCUT2D eigenvalue weighted by atomic mass is 32.1. The predicted molar refractivity (Wildman–Crippen MR) is 107 cm³/mol. The summed E-state index contributed by atoms with van der Waals surface area (Å²) in [6, 6.07) is 9.69. The lowest BCUT2D eigenvalue weighted by Crippen LogP contribution is -2.34. The molecule has 0 aliphatic carbocycles. The first-order valence-electron chi connectivity index (χ1n) is 9.31. The summed E-state index contributed by atoms with van der Waals surface area (Å²) < 4.78 is 15.7. The van der Waals surface area contributed by atoms with Gasteiger partial charge in [0, 0.05) is 17.8 Å². The molecule has 3 rings (SSSR count). The molecule has 1 amide bonds. The van der Waals surface area contributed by atoms with E-state index >= 15 is 0 Å². The van der Waals surface area contributed by atoms with E-state index in [1.807, 2.05) is 28.5 Å². The normalized spacial score (nSPS) is 16.1. The summed E-state index contributed by atoms with van der Waals surface area (Å²) in [6.07, 6.45) is 2.65. The third-order valence-electron chi connectivity index (χ3n) is 4.87. The van der Waals surface area contributed by atoms with Crippen LogP contribution in [0.2, 0.25) is 0 Å². The minimum atomic E-state index is -0.380. The first-order valence-corrected chi connectivity index (χ1v) is 10.2. The Hall–Kier alpha value is -2.54. The van der Waals surface area contributed by atoms with Gasteiger partial charge in [0.25, 0.3) is 5.91 Å². The van der Waals surface area contributed by atoms with Crippen LogP contribution in [0.3, 0.4) is 0 Å². The van der Waals surface area contributed by atoms with Gasteiger partial charge in [-0.2, -0.15) is 0 Å². The minimum absolute atomic E-state index is 0.109. The number of rotatable bonds is 8. The molecule has 1 aliphatic rings. The minimum Gasteiger partial charge on any atom is -0.493 e. The van der Waals surface area contributed by atoms with E-state index in [9.17, 15) is 9.59 Å². The van der Waals surface area contributed by atoms with E-state index < -0.39 is 0 Å². The molecule has 1 atom stereocenters. The summed E-state index contributed by atoms with van der Waals surface area (Å²) >= 11 is 1.66. The van der Waals surface area contributed by atoms with Crippen LogP contribution in [0.1, 0.15) is 35.7 Å². The number of ether oxygens (including phenoxy) is 3. The summed E-state index contributed by atoms with van der Waals surface area (Å²) in [5.74, 6) is 0.757. The third-order valence-corrected chi connectivity index (χ3v) is 5.84. The highest BCUT2D eigenvalue weighted by molar-refractivity contribution is 7.10. The Morgan fingerprint density at radius 1 is 1.18 bits per heavy atom. The van der Waals surface area contributed by atoms with Crippen LogP contribution in [0.25, 0.3) is 0 Å². The van der Waals surface area contributed by atoms with Gasteiger partial charge in [0.1, 0.15) is 0 Å². The Morgan fingerprint density at radius 3 is 2.71 bits per heavy atom. The van der Waals surface area contributed by atoms with Gasteiger partial charge >= 0.3 is 5.97 Å². The van der Waals surface area contributed by atoms with Crippen LogP contribution in [0.5, 0.6) is 11.5 Å². The van der Waals surface area contributed by atoms with Crippen molar-refractivity contribution in [2.75, 3.05) is 27.4 Å². The lowest BCUT2D eigenvalue weighted by atomic mass is 10.1. The van der Waals surface area contributed by atoms with Crippen molar-refractivity contribution >= 4 is 23.2 Å². The molecule has 1 unspecified atom stereocenters. The summed E-state index contributed by atoms with van der Waals surface area (Å²) in [4.78, 5) is 27.6. The number of thiophene rings is 1. The number of nitrogens with zero attached hydrogens (tertiary/aromatic N) is 1. The standard InChI is InChI=1S/C21H25NO5S/c1-25-17-9-7-15(13-18(17)26-2)8-10-21(24)27-14-20(23)22-11-3-5-16(22)19-6-4-12-28-19/h4,6-7,9,12-13,16H,3,5,8,10-11,14H2,1-2H3. The molecule has 1 aromatic carbocycles. The zero-order chi connectivity index (χ0) is 19.9. The zero-order valence-corrected chi connectivity index (χ0v) is 17.0. The van der Waals surface area contributed by atoms with Crippen LogP contribution in [-0.2, 0) is 20.7 Å². The molecule has 6 nitrogen and oxygen atoms in total. The lowest BCUT2D eigenvalue weighted by Gasteiger charge is -2.23. The van der Waals surface area contributed by atoms with E-state index in [1.165, 1.54) is 4.88 Å². The van der Waals surface area contributed by atoms with Gasteiger partial charge in [-0.25, -0.2) is 0 Å². The van der Waals surface area contributed by atoms with Crippen molar-refractivity contribution in [2.45, 2.75) is 31.7 Å². The van der Waals surface area contributed by atoms with E-state index in [-0.39, 0.29) is 30.9 Å². The van der Waals surface area contributed by atoms with Gasteiger partial charge < -0.3 is 19.1 Å². The number of carbonyl (C=O) groups is 2. The Bertz CT molecular complexity index is 805. The number of amides is 1. The van der Waals surface area contributed by atoms with Crippen LogP contribution >= 0.6 is 11.3 Å². The van der Waals surface area contributed by atoms with Crippen molar-refractivity contribution < 1.29 is 23.8 Å². The second kappa shape index (κ2) is 9.59. The molecule has 2 heterocycles. The third kappa shape index (κ3) is 4.84. The highest BCUT2D eigenvalue weighted by Gasteiger charge is 2.30. The molecule has 1 saturated heterocycles. The monoisotopic (exact) mass is 403 g/mol. The number of carbonyl (C=O) groups excluding carboxylic acids is 2. The molecule has 1 aliphatic heterocycles. The van der Waals surface area contributed by atoms with Crippen LogP contribution in [0.4, 0.5) is 0 Å². The van der Waals surface area contributed by atoms with Gasteiger partial charge in [-0.1, -0.05) is 12.1 Å². The number of benzene rings is 1. The Labute approximate surface area is 169 Å². The molecule has 150 valence electrons. The second-order valence-electron chi connectivity index (χ2n) is 6.61. The molecule has 0 N–H and O–H groups in total. The fourth-order valence-corrected chi connectivity index (χ4v) is 4.30.